The zero-order chi connectivity index (χ0) is 13.0. The van der Waals surface area contributed by atoms with E-state index in [9.17, 15) is 4.79 Å². The second kappa shape index (κ2) is 5.30. The summed E-state index contributed by atoms with van der Waals surface area (Å²) in [6.07, 6.45) is 5.69. The van der Waals surface area contributed by atoms with Crippen molar-refractivity contribution in [1.82, 2.24) is 10.2 Å². The van der Waals surface area contributed by atoms with Crippen LogP contribution in [0.3, 0.4) is 0 Å². The number of terminal acetylenes is 1. The van der Waals surface area contributed by atoms with Crippen LogP contribution in [0.15, 0.2) is 0 Å². The van der Waals surface area contributed by atoms with Gasteiger partial charge in [-0.05, 0) is 26.3 Å². The average Bonchev–Trinajstić information content (AvgIpc) is 2.23. The van der Waals surface area contributed by atoms with Crippen LogP contribution < -0.4 is 5.32 Å². The van der Waals surface area contributed by atoms with Crippen LogP contribution in [0.5, 0.6) is 0 Å². The molecule has 0 fully saturated rings. The average molecular weight is 233 g/mol. The molecule has 0 aliphatic carbocycles. The molecule has 0 saturated carbocycles. The van der Waals surface area contributed by atoms with Gasteiger partial charge in [-0.2, -0.15) is 5.10 Å². The fraction of sp³-hybridized carbons (Fsp3) is 0.417. The van der Waals surface area contributed by atoms with E-state index in [1.54, 1.807) is 13.8 Å². The first-order valence-corrected chi connectivity index (χ1v) is 5.24. The Balaban J connectivity index is 3.12. The Hall–Kier alpha value is -2.09. The minimum atomic E-state index is -1.02. The Kier molecular flexibility index (Phi) is 4.05. The van der Waals surface area contributed by atoms with Gasteiger partial charge in [-0.15, -0.1) is 17.4 Å². The minimum Gasteiger partial charge on any atom is -0.478 e. The second-order valence-electron chi connectivity index (χ2n) is 3.89. The molecule has 1 rings (SSSR count). The fourth-order valence-corrected chi connectivity index (χ4v) is 1.43. The fourth-order valence-electron chi connectivity index (χ4n) is 1.43. The summed E-state index contributed by atoms with van der Waals surface area (Å²) < 4.78 is 0. The number of aryl methyl sites for hydroxylation is 1. The number of hydrogen-bond acceptors (Lipinski definition) is 4. The topological polar surface area (TPSA) is 75.1 Å². The summed E-state index contributed by atoms with van der Waals surface area (Å²) in [7, 11) is 0. The third-order valence-electron chi connectivity index (χ3n) is 2.48. The molecule has 0 amide bonds. The molecule has 0 aliphatic heterocycles. The highest BCUT2D eigenvalue weighted by molar-refractivity contribution is 5.94. The van der Waals surface area contributed by atoms with Crippen molar-refractivity contribution in [2.75, 3.05) is 5.32 Å². The van der Waals surface area contributed by atoms with Gasteiger partial charge in [0.2, 0.25) is 0 Å². The van der Waals surface area contributed by atoms with Crippen LogP contribution in [-0.4, -0.2) is 27.3 Å². The Morgan fingerprint density at radius 2 is 2.18 bits per heavy atom. The highest BCUT2D eigenvalue weighted by Crippen LogP contribution is 2.19. The summed E-state index contributed by atoms with van der Waals surface area (Å²) in [5.74, 6) is 1.75. The van der Waals surface area contributed by atoms with E-state index in [1.807, 2.05) is 6.92 Å². The van der Waals surface area contributed by atoms with Gasteiger partial charge in [-0.3, -0.25) is 0 Å². The molecule has 2 N–H and O–H groups in total. The van der Waals surface area contributed by atoms with Gasteiger partial charge in [0.1, 0.15) is 5.56 Å². The SMILES string of the molecule is C#CCC(C)Nc1nnc(C)c(C)c1C(=O)O. The monoisotopic (exact) mass is 233 g/mol. The lowest BCUT2D eigenvalue weighted by atomic mass is 10.1. The van der Waals surface area contributed by atoms with Crippen molar-refractivity contribution in [1.29, 1.82) is 0 Å². The van der Waals surface area contributed by atoms with Gasteiger partial charge < -0.3 is 10.4 Å². The van der Waals surface area contributed by atoms with E-state index < -0.39 is 5.97 Å². The van der Waals surface area contributed by atoms with Gasteiger partial charge in [0.15, 0.2) is 5.82 Å². The van der Waals surface area contributed by atoms with E-state index in [2.05, 4.69) is 21.4 Å². The molecule has 5 nitrogen and oxygen atoms in total. The van der Waals surface area contributed by atoms with E-state index >= 15 is 0 Å². The molecule has 90 valence electrons. The summed E-state index contributed by atoms with van der Waals surface area (Å²) in [6.45, 7) is 5.30. The van der Waals surface area contributed by atoms with Crippen molar-refractivity contribution in [3.05, 3.63) is 16.8 Å². The standard InChI is InChI=1S/C12H15N3O2/c1-5-6-7(2)13-11-10(12(16)17)8(3)9(4)14-15-11/h1,7H,6H2,2-4H3,(H,13,15)(H,16,17). The lowest BCUT2D eigenvalue weighted by molar-refractivity contribution is 0.0696. The molecule has 1 heterocycles. The Morgan fingerprint density at radius 1 is 1.53 bits per heavy atom. The summed E-state index contributed by atoms with van der Waals surface area (Å²) in [6, 6.07) is -0.0468. The molecule has 0 spiro atoms. The number of aromatic nitrogens is 2. The van der Waals surface area contributed by atoms with Crippen molar-refractivity contribution in [2.24, 2.45) is 0 Å². The molecule has 1 aromatic heterocycles. The highest BCUT2D eigenvalue weighted by atomic mass is 16.4. The molecule has 17 heavy (non-hydrogen) atoms. The van der Waals surface area contributed by atoms with Crippen molar-refractivity contribution >= 4 is 11.8 Å². The lowest BCUT2D eigenvalue weighted by Gasteiger charge is -2.14. The molecule has 5 heteroatoms. The van der Waals surface area contributed by atoms with Crippen molar-refractivity contribution < 1.29 is 9.90 Å². The smallest absolute Gasteiger partial charge is 0.339 e. The Morgan fingerprint density at radius 3 is 2.71 bits per heavy atom. The van der Waals surface area contributed by atoms with Crippen LogP contribution in [0, 0.1) is 26.2 Å². The number of nitrogens with zero attached hydrogens (tertiary/aromatic N) is 2. The summed E-state index contributed by atoms with van der Waals surface area (Å²) in [5, 5.41) is 19.9. The van der Waals surface area contributed by atoms with E-state index in [0.29, 0.717) is 17.7 Å². The van der Waals surface area contributed by atoms with Crippen molar-refractivity contribution in [2.45, 2.75) is 33.2 Å². The second-order valence-corrected chi connectivity index (χ2v) is 3.89. The first kappa shape index (κ1) is 13.0. The molecule has 1 aromatic rings. The number of rotatable bonds is 4. The minimum absolute atomic E-state index is 0.0468. The quantitative estimate of drug-likeness (QED) is 0.773. The maximum Gasteiger partial charge on any atom is 0.339 e. The third-order valence-corrected chi connectivity index (χ3v) is 2.48. The van der Waals surface area contributed by atoms with Gasteiger partial charge in [0, 0.05) is 12.5 Å². The predicted molar refractivity (Wildman–Crippen MR) is 65.0 cm³/mol. The number of carboxylic acids is 1. The number of carbonyl (C=O) groups is 1. The van der Waals surface area contributed by atoms with Gasteiger partial charge in [-0.25, -0.2) is 4.79 Å². The van der Waals surface area contributed by atoms with Crippen LogP contribution in [0.2, 0.25) is 0 Å². The van der Waals surface area contributed by atoms with Gasteiger partial charge >= 0.3 is 5.97 Å². The number of aromatic carboxylic acids is 1. The Bertz CT molecular complexity index is 477. The molecular weight excluding hydrogens is 218 g/mol. The predicted octanol–water partition coefficient (Wildman–Crippen LogP) is 1.62. The summed E-state index contributed by atoms with van der Waals surface area (Å²) in [4.78, 5) is 11.2. The third kappa shape index (κ3) is 2.94. The Labute approximate surface area is 100 Å². The molecule has 0 bridgehead atoms. The zero-order valence-corrected chi connectivity index (χ0v) is 10.1. The van der Waals surface area contributed by atoms with E-state index in [4.69, 9.17) is 11.5 Å². The number of nitrogens with one attached hydrogen (secondary N) is 1. The maximum absolute atomic E-state index is 11.2. The first-order chi connectivity index (χ1) is 7.97. The summed E-state index contributed by atoms with van der Waals surface area (Å²) in [5.41, 5.74) is 1.38. The van der Waals surface area contributed by atoms with E-state index in [0.717, 1.165) is 0 Å². The van der Waals surface area contributed by atoms with Gasteiger partial charge in [0.25, 0.3) is 0 Å². The number of carboxylic acid groups (broad SMARTS) is 1. The van der Waals surface area contributed by atoms with Crippen LogP contribution in [0.25, 0.3) is 0 Å². The van der Waals surface area contributed by atoms with Crippen molar-refractivity contribution in [3.63, 3.8) is 0 Å². The zero-order valence-electron chi connectivity index (χ0n) is 10.1. The van der Waals surface area contributed by atoms with Crippen LogP contribution in [0.4, 0.5) is 5.82 Å². The van der Waals surface area contributed by atoms with E-state index in [1.165, 1.54) is 0 Å². The van der Waals surface area contributed by atoms with Crippen LogP contribution in [-0.2, 0) is 0 Å². The van der Waals surface area contributed by atoms with E-state index in [-0.39, 0.29) is 17.4 Å². The van der Waals surface area contributed by atoms with Crippen LogP contribution >= 0.6 is 0 Å². The van der Waals surface area contributed by atoms with Gasteiger partial charge in [-0.1, -0.05) is 0 Å². The van der Waals surface area contributed by atoms with Crippen molar-refractivity contribution in [3.8, 4) is 12.3 Å². The molecule has 0 saturated heterocycles. The first-order valence-electron chi connectivity index (χ1n) is 5.24. The summed E-state index contributed by atoms with van der Waals surface area (Å²) >= 11 is 0. The molecule has 0 aromatic carbocycles. The molecule has 0 radical (unpaired) electrons. The largest absolute Gasteiger partial charge is 0.478 e. The van der Waals surface area contributed by atoms with Crippen LogP contribution in [0.1, 0.15) is 35.0 Å². The normalized spacial score (nSPS) is 11.6. The molecular formula is C12H15N3O2. The molecule has 1 unspecified atom stereocenters. The highest BCUT2D eigenvalue weighted by Gasteiger charge is 2.18. The number of hydrogen-bond donors (Lipinski definition) is 2. The molecule has 0 aliphatic rings. The van der Waals surface area contributed by atoms with Gasteiger partial charge in [0.05, 0.1) is 5.69 Å². The number of anilines is 1. The maximum atomic E-state index is 11.2. The lowest BCUT2D eigenvalue weighted by Crippen LogP contribution is -2.19. The molecule has 1 atom stereocenters.